The normalized spacial score (nSPS) is 15.0. The van der Waals surface area contributed by atoms with Crippen molar-refractivity contribution in [3.63, 3.8) is 0 Å². The molecule has 1 aromatic carbocycles. The van der Waals surface area contributed by atoms with Crippen LogP contribution in [0, 0.1) is 5.82 Å². The molecule has 1 heterocycles. The van der Waals surface area contributed by atoms with E-state index in [9.17, 15) is 14.0 Å². The number of hydrogen-bond donors (Lipinski definition) is 1. The average molecular weight is 293 g/mol. The number of benzene rings is 1. The lowest BCUT2D eigenvalue weighted by molar-refractivity contribution is -0.130. The Hall–Kier alpha value is -2.11. The number of nitrogens with zero attached hydrogens (tertiary/aromatic N) is 2. The van der Waals surface area contributed by atoms with Crippen LogP contribution in [-0.2, 0) is 11.2 Å². The van der Waals surface area contributed by atoms with E-state index in [1.54, 1.807) is 15.9 Å². The first-order valence-corrected chi connectivity index (χ1v) is 7.09. The van der Waals surface area contributed by atoms with Crippen LogP contribution < -0.4 is 5.32 Å². The molecule has 0 radical (unpaired) electrons. The van der Waals surface area contributed by atoms with E-state index in [2.05, 4.69) is 5.32 Å². The Morgan fingerprint density at radius 2 is 1.86 bits per heavy atom. The lowest BCUT2D eigenvalue weighted by atomic mass is 10.1. The Labute approximate surface area is 123 Å². The minimum Gasteiger partial charge on any atom is -0.339 e. The first-order valence-electron chi connectivity index (χ1n) is 7.09. The Balaban J connectivity index is 1.72. The highest BCUT2D eigenvalue weighted by Gasteiger charge is 2.21. The molecule has 1 saturated heterocycles. The Bertz CT molecular complexity index is 513. The summed E-state index contributed by atoms with van der Waals surface area (Å²) in [4.78, 5) is 26.6. The van der Waals surface area contributed by atoms with Gasteiger partial charge in [-0.1, -0.05) is 12.1 Å². The summed E-state index contributed by atoms with van der Waals surface area (Å²) >= 11 is 0. The molecule has 0 spiro atoms. The van der Waals surface area contributed by atoms with Crippen LogP contribution in [0.4, 0.5) is 9.18 Å². The summed E-state index contributed by atoms with van der Waals surface area (Å²) < 4.78 is 13.0. The van der Waals surface area contributed by atoms with Gasteiger partial charge in [-0.15, -0.1) is 0 Å². The summed E-state index contributed by atoms with van der Waals surface area (Å²) in [7, 11) is 0. The predicted octanol–water partition coefficient (Wildman–Crippen LogP) is 1.24. The second-order valence-corrected chi connectivity index (χ2v) is 5.10. The van der Waals surface area contributed by atoms with Gasteiger partial charge in [0.05, 0.1) is 0 Å². The summed E-state index contributed by atoms with van der Waals surface area (Å²) in [5, 5.41) is 2.83. The third-order valence-electron chi connectivity index (χ3n) is 3.59. The van der Waals surface area contributed by atoms with E-state index < -0.39 is 0 Å². The zero-order chi connectivity index (χ0) is 15.2. The fourth-order valence-electron chi connectivity index (χ4n) is 2.34. The molecule has 1 N–H and O–H groups in total. The van der Waals surface area contributed by atoms with Crippen LogP contribution in [0.15, 0.2) is 24.3 Å². The van der Waals surface area contributed by atoms with E-state index in [1.807, 2.05) is 6.07 Å². The van der Waals surface area contributed by atoms with E-state index >= 15 is 0 Å². The average Bonchev–Trinajstić information content (AvgIpc) is 2.47. The van der Waals surface area contributed by atoms with Gasteiger partial charge in [0.15, 0.2) is 0 Å². The van der Waals surface area contributed by atoms with Crippen molar-refractivity contribution in [2.75, 3.05) is 32.7 Å². The SMILES string of the molecule is CC(=O)N1CCN(C(=O)NCCc2cccc(F)c2)CC1. The number of carbonyl (C=O) groups is 2. The largest absolute Gasteiger partial charge is 0.339 e. The van der Waals surface area contributed by atoms with Crippen LogP contribution in [0.3, 0.4) is 0 Å². The van der Waals surface area contributed by atoms with Gasteiger partial charge in [-0.05, 0) is 24.1 Å². The first-order chi connectivity index (χ1) is 10.1. The van der Waals surface area contributed by atoms with Gasteiger partial charge in [0.25, 0.3) is 0 Å². The first kappa shape index (κ1) is 15.3. The number of halogens is 1. The summed E-state index contributed by atoms with van der Waals surface area (Å²) in [6.45, 7) is 4.25. The van der Waals surface area contributed by atoms with E-state index in [0.717, 1.165) is 5.56 Å². The highest BCUT2D eigenvalue weighted by atomic mass is 19.1. The van der Waals surface area contributed by atoms with Gasteiger partial charge in [0.2, 0.25) is 5.91 Å². The maximum atomic E-state index is 13.0. The van der Waals surface area contributed by atoms with Crippen molar-refractivity contribution in [1.82, 2.24) is 15.1 Å². The molecule has 1 aliphatic rings. The molecule has 3 amide bonds. The lowest BCUT2D eigenvalue weighted by Crippen LogP contribution is -2.52. The molecule has 0 saturated carbocycles. The highest BCUT2D eigenvalue weighted by molar-refractivity contribution is 5.76. The zero-order valence-electron chi connectivity index (χ0n) is 12.1. The van der Waals surface area contributed by atoms with Gasteiger partial charge < -0.3 is 15.1 Å². The molecule has 1 fully saturated rings. The van der Waals surface area contributed by atoms with E-state index in [1.165, 1.54) is 19.1 Å². The number of nitrogens with one attached hydrogen (secondary N) is 1. The monoisotopic (exact) mass is 293 g/mol. The minimum atomic E-state index is -0.265. The van der Waals surface area contributed by atoms with Crippen LogP contribution >= 0.6 is 0 Å². The van der Waals surface area contributed by atoms with Gasteiger partial charge in [-0.3, -0.25) is 4.79 Å². The molecule has 0 bridgehead atoms. The third-order valence-corrected chi connectivity index (χ3v) is 3.59. The van der Waals surface area contributed by atoms with Crippen molar-refractivity contribution in [2.45, 2.75) is 13.3 Å². The quantitative estimate of drug-likeness (QED) is 0.911. The van der Waals surface area contributed by atoms with Crippen molar-refractivity contribution in [3.05, 3.63) is 35.6 Å². The summed E-state index contributed by atoms with van der Waals surface area (Å²) in [5.74, 6) is -0.222. The molecule has 5 nitrogen and oxygen atoms in total. The molecule has 0 unspecified atom stereocenters. The Morgan fingerprint density at radius 3 is 2.48 bits per heavy atom. The van der Waals surface area contributed by atoms with Gasteiger partial charge in [0, 0.05) is 39.6 Å². The topological polar surface area (TPSA) is 52.7 Å². The standard InChI is InChI=1S/C15H20FN3O2/c1-12(20)18-7-9-19(10-8-18)15(21)17-6-5-13-3-2-4-14(16)11-13/h2-4,11H,5-10H2,1H3,(H,17,21). The molecule has 0 aliphatic carbocycles. The van der Waals surface area contributed by atoms with Crippen LogP contribution in [0.2, 0.25) is 0 Å². The molecule has 1 aliphatic heterocycles. The van der Waals surface area contributed by atoms with Crippen LogP contribution in [0.25, 0.3) is 0 Å². The van der Waals surface area contributed by atoms with Gasteiger partial charge >= 0.3 is 6.03 Å². The molecule has 6 heteroatoms. The van der Waals surface area contributed by atoms with Gasteiger partial charge in [-0.25, -0.2) is 9.18 Å². The summed E-state index contributed by atoms with van der Waals surface area (Å²) in [6, 6.07) is 6.23. The molecule has 0 atom stereocenters. The molecular weight excluding hydrogens is 273 g/mol. The Kier molecular flexibility index (Phi) is 5.14. The summed E-state index contributed by atoms with van der Waals surface area (Å²) in [6.07, 6.45) is 0.594. The molecular formula is C15H20FN3O2. The maximum absolute atomic E-state index is 13.0. The zero-order valence-corrected chi connectivity index (χ0v) is 12.1. The highest BCUT2D eigenvalue weighted by Crippen LogP contribution is 2.05. The van der Waals surface area contributed by atoms with E-state index in [0.29, 0.717) is 39.1 Å². The smallest absolute Gasteiger partial charge is 0.317 e. The molecule has 114 valence electrons. The second-order valence-electron chi connectivity index (χ2n) is 5.10. The van der Waals surface area contributed by atoms with Crippen LogP contribution in [0.5, 0.6) is 0 Å². The van der Waals surface area contributed by atoms with E-state index in [-0.39, 0.29) is 17.8 Å². The molecule has 2 rings (SSSR count). The fraction of sp³-hybridized carbons (Fsp3) is 0.467. The van der Waals surface area contributed by atoms with Crippen molar-refractivity contribution >= 4 is 11.9 Å². The molecule has 21 heavy (non-hydrogen) atoms. The molecule has 1 aromatic rings. The van der Waals surface area contributed by atoms with Crippen molar-refractivity contribution in [1.29, 1.82) is 0 Å². The minimum absolute atomic E-state index is 0.0427. The third kappa shape index (κ3) is 4.44. The Morgan fingerprint density at radius 1 is 1.19 bits per heavy atom. The maximum Gasteiger partial charge on any atom is 0.317 e. The van der Waals surface area contributed by atoms with Crippen LogP contribution in [-0.4, -0.2) is 54.5 Å². The number of hydrogen-bond acceptors (Lipinski definition) is 2. The van der Waals surface area contributed by atoms with Gasteiger partial charge in [-0.2, -0.15) is 0 Å². The summed E-state index contributed by atoms with van der Waals surface area (Å²) in [5.41, 5.74) is 0.858. The van der Waals surface area contributed by atoms with E-state index in [4.69, 9.17) is 0 Å². The van der Waals surface area contributed by atoms with Crippen LogP contribution in [0.1, 0.15) is 12.5 Å². The lowest BCUT2D eigenvalue weighted by Gasteiger charge is -2.34. The fourth-order valence-corrected chi connectivity index (χ4v) is 2.34. The second kappa shape index (κ2) is 7.06. The number of amides is 3. The number of carbonyl (C=O) groups excluding carboxylic acids is 2. The number of piperazine rings is 1. The molecule has 0 aromatic heterocycles. The van der Waals surface area contributed by atoms with Gasteiger partial charge in [0.1, 0.15) is 5.82 Å². The van der Waals surface area contributed by atoms with Crippen molar-refractivity contribution in [3.8, 4) is 0 Å². The van der Waals surface area contributed by atoms with Crippen molar-refractivity contribution < 1.29 is 14.0 Å². The number of urea groups is 1. The predicted molar refractivity (Wildman–Crippen MR) is 77.3 cm³/mol. The number of rotatable bonds is 3. The van der Waals surface area contributed by atoms with Crippen molar-refractivity contribution in [2.24, 2.45) is 0 Å².